The fourth-order valence-corrected chi connectivity index (χ4v) is 4.12. The number of amides is 1. The second-order valence-corrected chi connectivity index (χ2v) is 7.51. The van der Waals surface area contributed by atoms with Gasteiger partial charge in [-0.1, -0.05) is 12.1 Å². The lowest BCUT2D eigenvalue weighted by Gasteiger charge is -2.21. The van der Waals surface area contributed by atoms with E-state index in [1.54, 1.807) is 6.07 Å². The molecule has 1 unspecified atom stereocenters. The van der Waals surface area contributed by atoms with Gasteiger partial charge in [0.2, 0.25) is 5.91 Å². The summed E-state index contributed by atoms with van der Waals surface area (Å²) in [6, 6.07) is 7.27. The first-order valence-electron chi connectivity index (χ1n) is 5.74. The molecule has 1 aliphatic rings. The van der Waals surface area contributed by atoms with Crippen molar-refractivity contribution in [1.82, 2.24) is 0 Å². The average molecular weight is 332 g/mol. The van der Waals surface area contributed by atoms with Crippen molar-refractivity contribution >= 4 is 37.4 Å². The van der Waals surface area contributed by atoms with Crippen LogP contribution in [0.3, 0.4) is 0 Å². The highest BCUT2D eigenvalue weighted by Gasteiger charge is 2.29. The van der Waals surface area contributed by atoms with Crippen molar-refractivity contribution in [3.63, 3.8) is 0 Å². The Bertz CT molecular complexity index is 556. The SMILES string of the molecule is O=C(Nc1ccccc1Br)C1CCCS(=O)(=O)C1. The minimum absolute atomic E-state index is 0.0384. The maximum absolute atomic E-state index is 12.0. The molecule has 1 atom stereocenters. The first-order chi connectivity index (χ1) is 8.48. The summed E-state index contributed by atoms with van der Waals surface area (Å²) in [6.45, 7) is 0. The summed E-state index contributed by atoms with van der Waals surface area (Å²) < 4.78 is 23.8. The van der Waals surface area contributed by atoms with Gasteiger partial charge in [-0.25, -0.2) is 8.42 Å². The van der Waals surface area contributed by atoms with Crippen molar-refractivity contribution in [3.05, 3.63) is 28.7 Å². The summed E-state index contributed by atoms with van der Waals surface area (Å²) in [5.41, 5.74) is 0.672. The minimum atomic E-state index is -3.05. The maximum Gasteiger partial charge on any atom is 0.228 e. The molecule has 1 saturated heterocycles. The largest absolute Gasteiger partial charge is 0.325 e. The van der Waals surface area contributed by atoms with Crippen LogP contribution in [0.4, 0.5) is 5.69 Å². The standard InChI is InChI=1S/C12H14BrNO3S/c13-10-5-1-2-6-11(10)14-12(15)9-4-3-7-18(16,17)8-9/h1-2,5-6,9H,3-4,7-8H2,(H,14,15). The van der Waals surface area contributed by atoms with Crippen LogP contribution in [0.15, 0.2) is 28.7 Å². The zero-order valence-corrected chi connectivity index (χ0v) is 12.1. The van der Waals surface area contributed by atoms with Gasteiger partial charge < -0.3 is 5.32 Å². The van der Waals surface area contributed by atoms with E-state index in [1.807, 2.05) is 18.2 Å². The Hall–Kier alpha value is -0.880. The van der Waals surface area contributed by atoms with E-state index in [2.05, 4.69) is 21.2 Å². The number of carbonyl (C=O) groups is 1. The maximum atomic E-state index is 12.0. The van der Waals surface area contributed by atoms with E-state index in [0.29, 0.717) is 18.5 Å². The molecule has 1 heterocycles. The Morgan fingerprint density at radius 2 is 2.06 bits per heavy atom. The van der Waals surface area contributed by atoms with Gasteiger partial charge in [0, 0.05) is 4.47 Å². The van der Waals surface area contributed by atoms with E-state index in [4.69, 9.17) is 0 Å². The highest BCUT2D eigenvalue weighted by atomic mass is 79.9. The highest BCUT2D eigenvalue weighted by molar-refractivity contribution is 9.10. The van der Waals surface area contributed by atoms with Crippen LogP contribution in [0.25, 0.3) is 0 Å². The van der Waals surface area contributed by atoms with Gasteiger partial charge in [0.1, 0.15) is 0 Å². The summed E-state index contributed by atoms with van der Waals surface area (Å²) in [5, 5.41) is 2.77. The molecule has 0 aromatic heterocycles. The number of hydrogen-bond donors (Lipinski definition) is 1. The summed E-state index contributed by atoms with van der Waals surface area (Å²) in [4.78, 5) is 12.0. The number of nitrogens with one attached hydrogen (secondary N) is 1. The lowest BCUT2D eigenvalue weighted by Crippen LogP contribution is -2.34. The van der Waals surface area contributed by atoms with Crippen molar-refractivity contribution in [2.45, 2.75) is 12.8 Å². The van der Waals surface area contributed by atoms with Crippen molar-refractivity contribution in [2.24, 2.45) is 5.92 Å². The smallest absolute Gasteiger partial charge is 0.228 e. The number of carbonyl (C=O) groups excluding carboxylic acids is 1. The number of hydrogen-bond acceptors (Lipinski definition) is 3. The predicted molar refractivity (Wildman–Crippen MR) is 74.1 cm³/mol. The molecule has 1 N–H and O–H groups in total. The average Bonchev–Trinajstić information content (AvgIpc) is 2.31. The molecule has 1 aliphatic heterocycles. The second-order valence-electron chi connectivity index (χ2n) is 4.42. The number of rotatable bonds is 2. The van der Waals surface area contributed by atoms with Crippen LogP contribution in [-0.4, -0.2) is 25.8 Å². The van der Waals surface area contributed by atoms with Crippen molar-refractivity contribution in [1.29, 1.82) is 0 Å². The second kappa shape index (κ2) is 5.40. The fourth-order valence-electron chi connectivity index (χ4n) is 2.03. The van der Waals surface area contributed by atoms with E-state index in [0.717, 1.165) is 4.47 Å². The Labute approximate surface area is 115 Å². The summed E-state index contributed by atoms with van der Waals surface area (Å²) in [6.07, 6.45) is 1.20. The summed E-state index contributed by atoms with van der Waals surface area (Å²) in [7, 11) is -3.05. The number of anilines is 1. The first-order valence-corrected chi connectivity index (χ1v) is 8.35. The third kappa shape index (κ3) is 3.32. The van der Waals surface area contributed by atoms with Crippen LogP contribution in [-0.2, 0) is 14.6 Å². The molecule has 0 radical (unpaired) electrons. The van der Waals surface area contributed by atoms with E-state index in [-0.39, 0.29) is 17.4 Å². The van der Waals surface area contributed by atoms with Gasteiger partial charge in [-0.15, -0.1) is 0 Å². The monoisotopic (exact) mass is 331 g/mol. The molecule has 18 heavy (non-hydrogen) atoms. The molecule has 0 spiro atoms. The van der Waals surface area contributed by atoms with Gasteiger partial charge in [-0.3, -0.25) is 4.79 Å². The molecule has 0 saturated carbocycles. The molecule has 0 bridgehead atoms. The predicted octanol–water partition coefficient (Wildman–Crippen LogP) is 2.21. The normalized spacial score (nSPS) is 22.4. The van der Waals surface area contributed by atoms with Gasteiger partial charge in [0.15, 0.2) is 9.84 Å². The lowest BCUT2D eigenvalue weighted by molar-refractivity contribution is -0.119. The van der Waals surface area contributed by atoms with Crippen LogP contribution < -0.4 is 5.32 Å². The lowest BCUT2D eigenvalue weighted by atomic mass is 10.0. The van der Waals surface area contributed by atoms with Gasteiger partial charge in [-0.2, -0.15) is 0 Å². The Kier molecular flexibility index (Phi) is 4.07. The number of sulfone groups is 1. The van der Waals surface area contributed by atoms with E-state index < -0.39 is 15.8 Å². The topological polar surface area (TPSA) is 63.2 Å². The zero-order chi connectivity index (χ0) is 13.2. The third-order valence-corrected chi connectivity index (χ3v) is 5.48. The van der Waals surface area contributed by atoms with Gasteiger partial charge in [-0.05, 0) is 40.9 Å². The Morgan fingerprint density at radius 1 is 1.33 bits per heavy atom. The van der Waals surface area contributed by atoms with Gasteiger partial charge in [0.25, 0.3) is 0 Å². The molecule has 1 fully saturated rings. The van der Waals surface area contributed by atoms with Crippen LogP contribution in [0.5, 0.6) is 0 Å². The van der Waals surface area contributed by atoms with Crippen LogP contribution in [0, 0.1) is 5.92 Å². The number of benzene rings is 1. The molecule has 6 heteroatoms. The van der Waals surface area contributed by atoms with Crippen molar-refractivity contribution in [2.75, 3.05) is 16.8 Å². The molecular weight excluding hydrogens is 318 g/mol. The van der Waals surface area contributed by atoms with E-state index in [9.17, 15) is 13.2 Å². The van der Waals surface area contributed by atoms with Crippen LogP contribution in [0.2, 0.25) is 0 Å². The first kappa shape index (κ1) is 13.5. The van der Waals surface area contributed by atoms with Crippen molar-refractivity contribution < 1.29 is 13.2 Å². The molecule has 1 aromatic carbocycles. The molecule has 98 valence electrons. The molecule has 1 amide bonds. The molecule has 0 aliphatic carbocycles. The van der Waals surface area contributed by atoms with Gasteiger partial charge >= 0.3 is 0 Å². The molecule has 4 nitrogen and oxygen atoms in total. The fraction of sp³-hybridized carbons (Fsp3) is 0.417. The van der Waals surface area contributed by atoms with Crippen LogP contribution >= 0.6 is 15.9 Å². The minimum Gasteiger partial charge on any atom is -0.325 e. The molecule has 2 rings (SSSR count). The Morgan fingerprint density at radius 3 is 2.72 bits per heavy atom. The number of para-hydroxylation sites is 1. The van der Waals surface area contributed by atoms with E-state index in [1.165, 1.54) is 0 Å². The third-order valence-electron chi connectivity index (χ3n) is 2.97. The number of halogens is 1. The summed E-state index contributed by atoms with van der Waals surface area (Å²) >= 11 is 3.34. The van der Waals surface area contributed by atoms with Gasteiger partial charge in [0.05, 0.1) is 23.1 Å². The Balaban J connectivity index is 2.07. The van der Waals surface area contributed by atoms with E-state index >= 15 is 0 Å². The molecular formula is C12H14BrNO3S. The highest BCUT2D eigenvalue weighted by Crippen LogP contribution is 2.24. The van der Waals surface area contributed by atoms with Crippen LogP contribution in [0.1, 0.15) is 12.8 Å². The zero-order valence-electron chi connectivity index (χ0n) is 9.73. The quantitative estimate of drug-likeness (QED) is 0.903. The summed E-state index contributed by atoms with van der Waals surface area (Å²) in [5.74, 6) is -0.490. The van der Waals surface area contributed by atoms with Crippen molar-refractivity contribution in [3.8, 4) is 0 Å². The molecule has 1 aromatic rings.